The van der Waals surface area contributed by atoms with E-state index in [9.17, 15) is 4.79 Å². The van der Waals surface area contributed by atoms with Crippen molar-refractivity contribution in [3.05, 3.63) is 65.2 Å². The maximum absolute atomic E-state index is 11.9. The summed E-state index contributed by atoms with van der Waals surface area (Å²) >= 11 is 0. The van der Waals surface area contributed by atoms with Gasteiger partial charge in [0.05, 0.1) is 5.56 Å². The highest BCUT2D eigenvalue weighted by atomic mass is 16.5. The molecule has 0 saturated heterocycles. The first kappa shape index (κ1) is 11.4. The normalized spacial score (nSPS) is 10.0. The summed E-state index contributed by atoms with van der Waals surface area (Å²) in [6, 6.07) is 14.8. The lowest BCUT2D eigenvalue weighted by Crippen LogP contribution is -2.09. The highest BCUT2D eigenvalue weighted by molar-refractivity contribution is 5.91. The van der Waals surface area contributed by atoms with Gasteiger partial charge in [-0.15, -0.1) is 0 Å². The van der Waals surface area contributed by atoms with E-state index in [0.29, 0.717) is 11.3 Å². The summed E-state index contributed by atoms with van der Waals surface area (Å²) in [5, 5.41) is 0. The molecule has 2 heteroatoms. The first-order chi connectivity index (χ1) is 8.18. The molecule has 0 aliphatic carbocycles. The molecule has 0 unspecified atom stereocenters. The van der Waals surface area contributed by atoms with Gasteiger partial charge in [0.25, 0.3) is 0 Å². The van der Waals surface area contributed by atoms with E-state index in [4.69, 9.17) is 4.74 Å². The van der Waals surface area contributed by atoms with E-state index in [-0.39, 0.29) is 5.97 Å². The number of carbonyl (C=O) groups is 1. The second-order valence-corrected chi connectivity index (χ2v) is 3.98. The zero-order chi connectivity index (χ0) is 12.3. The molecule has 0 amide bonds. The summed E-state index contributed by atoms with van der Waals surface area (Å²) in [5.74, 6) is 0.337. The van der Waals surface area contributed by atoms with E-state index in [2.05, 4.69) is 0 Å². The maximum atomic E-state index is 11.9. The molecule has 17 heavy (non-hydrogen) atoms. The molecule has 0 heterocycles. The molecule has 0 atom stereocenters. The Hall–Kier alpha value is -2.09. The van der Waals surface area contributed by atoms with Crippen LogP contribution in [-0.2, 0) is 0 Å². The molecule has 0 N–H and O–H groups in total. The van der Waals surface area contributed by atoms with Crippen LogP contribution in [0.5, 0.6) is 5.75 Å². The predicted molar refractivity (Wildman–Crippen MR) is 67.3 cm³/mol. The molecule has 0 aliphatic heterocycles. The molecule has 0 aliphatic rings. The fourth-order valence-corrected chi connectivity index (χ4v) is 1.69. The van der Waals surface area contributed by atoms with Gasteiger partial charge in [-0.05, 0) is 37.1 Å². The highest BCUT2D eigenvalue weighted by Crippen LogP contribution is 2.23. The second kappa shape index (κ2) is 4.83. The lowest BCUT2D eigenvalue weighted by molar-refractivity contribution is 0.0732. The van der Waals surface area contributed by atoms with Crippen LogP contribution in [0.15, 0.2) is 48.5 Å². The van der Waals surface area contributed by atoms with Crippen LogP contribution in [0.3, 0.4) is 0 Å². The third-order valence-corrected chi connectivity index (χ3v) is 2.61. The van der Waals surface area contributed by atoms with Crippen molar-refractivity contribution in [1.82, 2.24) is 0 Å². The van der Waals surface area contributed by atoms with Gasteiger partial charge in [0.2, 0.25) is 0 Å². The molecule has 0 aromatic heterocycles. The van der Waals surface area contributed by atoms with Gasteiger partial charge in [0.1, 0.15) is 5.75 Å². The van der Waals surface area contributed by atoms with Crippen LogP contribution in [0.2, 0.25) is 0 Å². The fraction of sp³-hybridized carbons (Fsp3) is 0.133. The zero-order valence-electron chi connectivity index (χ0n) is 9.94. The summed E-state index contributed by atoms with van der Waals surface area (Å²) in [6.07, 6.45) is 0. The van der Waals surface area contributed by atoms with Gasteiger partial charge < -0.3 is 4.74 Å². The first-order valence-corrected chi connectivity index (χ1v) is 5.52. The summed E-state index contributed by atoms with van der Waals surface area (Å²) in [7, 11) is 0. The molecule has 0 radical (unpaired) electrons. The van der Waals surface area contributed by atoms with Crippen molar-refractivity contribution in [2.24, 2.45) is 0 Å². The van der Waals surface area contributed by atoms with Crippen molar-refractivity contribution in [2.45, 2.75) is 13.8 Å². The highest BCUT2D eigenvalue weighted by Gasteiger charge is 2.11. The van der Waals surface area contributed by atoms with Crippen molar-refractivity contribution in [3.63, 3.8) is 0 Å². The Bertz CT molecular complexity index is 510. The Morgan fingerprint density at radius 1 is 0.882 bits per heavy atom. The maximum Gasteiger partial charge on any atom is 0.343 e. The molecule has 2 aromatic rings. The lowest BCUT2D eigenvalue weighted by Gasteiger charge is -2.09. The number of esters is 1. The van der Waals surface area contributed by atoms with Gasteiger partial charge in [-0.3, -0.25) is 0 Å². The third kappa shape index (κ3) is 2.53. The minimum Gasteiger partial charge on any atom is -0.422 e. The van der Waals surface area contributed by atoms with Crippen LogP contribution in [0.4, 0.5) is 0 Å². The molecule has 0 fully saturated rings. The molecule has 2 aromatic carbocycles. The lowest BCUT2D eigenvalue weighted by atomic mass is 10.1. The number of rotatable bonds is 2. The average molecular weight is 226 g/mol. The number of aryl methyl sites for hydroxylation is 2. The number of ether oxygens (including phenoxy) is 1. The van der Waals surface area contributed by atoms with Crippen LogP contribution in [0.1, 0.15) is 21.5 Å². The van der Waals surface area contributed by atoms with Crippen LogP contribution in [-0.4, -0.2) is 5.97 Å². The molecule has 0 saturated carbocycles. The third-order valence-electron chi connectivity index (χ3n) is 2.61. The molecule has 2 rings (SSSR count). The van der Waals surface area contributed by atoms with Crippen molar-refractivity contribution in [1.29, 1.82) is 0 Å². The van der Waals surface area contributed by atoms with E-state index in [1.165, 1.54) is 0 Å². The van der Waals surface area contributed by atoms with E-state index >= 15 is 0 Å². The van der Waals surface area contributed by atoms with Crippen molar-refractivity contribution in [2.75, 3.05) is 0 Å². The summed E-state index contributed by atoms with van der Waals surface area (Å²) in [4.78, 5) is 11.9. The number of hydrogen-bond acceptors (Lipinski definition) is 2. The summed E-state index contributed by atoms with van der Waals surface area (Å²) in [6.45, 7) is 3.86. The summed E-state index contributed by atoms with van der Waals surface area (Å²) in [5.41, 5.74) is 2.50. The van der Waals surface area contributed by atoms with Crippen molar-refractivity contribution >= 4 is 5.97 Å². The molecule has 86 valence electrons. The zero-order valence-corrected chi connectivity index (χ0v) is 9.94. The topological polar surface area (TPSA) is 26.3 Å². The van der Waals surface area contributed by atoms with Crippen LogP contribution in [0, 0.1) is 13.8 Å². The Labute approximate surface area is 101 Å². The number of hydrogen-bond donors (Lipinski definition) is 0. The van der Waals surface area contributed by atoms with Gasteiger partial charge in [-0.25, -0.2) is 4.79 Å². The Balaban J connectivity index is 2.25. The molecule has 0 spiro atoms. The smallest absolute Gasteiger partial charge is 0.343 e. The molecular formula is C15H14O2. The van der Waals surface area contributed by atoms with Gasteiger partial charge in [0, 0.05) is 0 Å². The van der Waals surface area contributed by atoms with Gasteiger partial charge >= 0.3 is 5.97 Å². The first-order valence-electron chi connectivity index (χ1n) is 5.52. The average Bonchev–Trinajstić information content (AvgIpc) is 2.35. The predicted octanol–water partition coefficient (Wildman–Crippen LogP) is 3.52. The molecule has 0 bridgehead atoms. The SMILES string of the molecule is Cc1cccc(C)c1OC(=O)c1ccccc1. The number of carbonyl (C=O) groups excluding carboxylic acids is 1. The fourth-order valence-electron chi connectivity index (χ4n) is 1.69. The largest absolute Gasteiger partial charge is 0.422 e. The van der Waals surface area contributed by atoms with Gasteiger partial charge in [0.15, 0.2) is 0 Å². The van der Waals surface area contributed by atoms with Gasteiger partial charge in [-0.2, -0.15) is 0 Å². The Morgan fingerprint density at radius 3 is 2.06 bits per heavy atom. The van der Waals surface area contributed by atoms with E-state index in [1.54, 1.807) is 12.1 Å². The van der Waals surface area contributed by atoms with Crippen LogP contribution in [0.25, 0.3) is 0 Å². The van der Waals surface area contributed by atoms with Crippen molar-refractivity contribution < 1.29 is 9.53 Å². The van der Waals surface area contributed by atoms with E-state index in [1.807, 2.05) is 50.2 Å². The van der Waals surface area contributed by atoms with Crippen molar-refractivity contribution in [3.8, 4) is 5.75 Å². The number of para-hydroxylation sites is 1. The van der Waals surface area contributed by atoms with Crippen LogP contribution >= 0.6 is 0 Å². The minimum absolute atomic E-state index is 0.317. The Morgan fingerprint density at radius 2 is 1.47 bits per heavy atom. The van der Waals surface area contributed by atoms with E-state index < -0.39 is 0 Å². The second-order valence-electron chi connectivity index (χ2n) is 3.98. The summed E-state index contributed by atoms with van der Waals surface area (Å²) < 4.78 is 5.42. The monoisotopic (exact) mass is 226 g/mol. The Kier molecular flexibility index (Phi) is 3.24. The van der Waals surface area contributed by atoms with Gasteiger partial charge in [-0.1, -0.05) is 36.4 Å². The quantitative estimate of drug-likeness (QED) is 0.578. The van der Waals surface area contributed by atoms with Crippen LogP contribution < -0.4 is 4.74 Å². The standard InChI is InChI=1S/C15H14O2/c1-11-7-6-8-12(2)14(11)17-15(16)13-9-4-3-5-10-13/h3-10H,1-2H3. The van der Waals surface area contributed by atoms with E-state index in [0.717, 1.165) is 11.1 Å². The molecular weight excluding hydrogens is 212 g/mol. The number of benzene rings is 2. The minimum atomic E-state index is -0.317. The molecule has 2 nitrogen and oxygen atoms in total.